The lowest BCUT2D eigenvalue weighted by Crippen LogP contribution is -2.55. The number of hydrogen-bond donors (Lipinski definition) is 0. The molecule has 146 valence electrons. The van der Waals surface area contributed by atoms with Crippen LogP contribution in [-0.2, 0) is 29.9 Å². The second-order valence-electron chi connectivity index (χ2n) is 7.78. The molecule has 1 aliphatic rings. The molecular formula is C18H26O6S2. The fourth-order valence-corrected chi connectivity index (χ4v) is 4.91. The molecule has 0 unspecified atom stereocenters. The highest BCUT2D eigenvalue weighted by Gasteiger charge is 2.53. The number of benzene rings is 1. The lowest BCUT2D eigenvalue weighted by atomic mass is 9.66. The van der Waals surface area contributed by atoms with Crippen molar-refractivity contribution in [1.29, 1.82) is 0 Å². The second-order valence-corrected chi connectivity index (χ2v) is 12.3. The SMILES string of the molecule is Cc1ccc2c(c1)C(CCS(C)(=O)=O)(CCS(C)(=O)=O)C(=O)C(C)(C)O2. The van der Waals surface area contributed by atoms with E-state index in [0.717, 1.165) is 18.1 Å². The van der Waals surface area contributed by atoms with Gasteiger partial charge in [-0.25, -0.2) is 16.8 Å². The third kappa shape index (κ3) is 4.46. The molecule has 0 atom stereocenters. The molecule has 0 spiro atoms. The summed E-state index contributed by atoms with van der Waals surface area (Å²) in [5, 5.41) is 0. The van der Waals surface area contributed by atoms with E-state index in [1.54, 1.807) is 26.0 Å². The van der Waals surface area contributed by atoms with Crippen LogP contribution in [0.1, 0.15) is 37.8 Å². The average Bonchev–Trinajstić information content (AvgIpc) is 2.46. The number of sulfone groups is 2. The normalized spacial score (nSPS) is 18.9. The molecule has 0 radical (unpaired) electrons. The van der Waals surface area contributed by atoms with Crippen LogP contribution in [0.3, 0.4) is 0 Å². The van der Waals surface area contributed by atoms with E-state index in [4.69, 9.17) is 4.74 Å². The van der Waals surface area contributed by atoms with E-state index >= 15 is 0 Å². The van der Waals surface area contributed by atoms with Gasteiger partial charge in [-0.3, -0.25) is 4.79 Å². The maximum atomic E-state index is 13.4. The van der Waals surface area contributed by atoms with E-state index in [-0.39, 0.29) is 30.1 Å². The Hall–Kier alpha value is -1.41. The van der Waals surface area contributed by atoms with E-state index in [1.807, 2.05) is 13.0 Å². The molecular weight excluding hydrogens is 376 g/mol. The molecule has 0 saturated carbocycles. The molecule has 1 aromatic rings. The van der Waals surface area contributed by atoms with Crippen LogP contribution < -0.4 is 4.74 Å². The third-order valence-electron chi connectivity index (χ3n) is 4.80. The van der Waals surface area contributed by atoms with Crippen molar-refractivity contribution >= 4 is 25.5 Å². The number of Topliss-reactive ketones (excluding diaryl/α,β-unsaturated/α-hetero) is 1. The first kappa shape index (κ1) is 20.9. The van der Waals surface area contributed by atoms with Gasteiger partial charge in [0, 0.05) is 18.1 Å². The highest BCUT2D eigenvalue weighted by molar-refractivity contribution is 7.90. The highest BCUT2D eigenvalue weighted by Crippen LogP contribution is 2.47. The molecule has 0 aromatic heterocycles. The molecule has 26 heavy (non-hydrogen) atoms. The van der Waals surface area contributed by atoms with Crippen molar-refractivity contribution in [1.82, 2.24) is 0 Å². The molecule has 0 amide bonds. The molecule has 1 aliphatic heterocycles. The number of rotatable bonds is 6. The summed E-state index contributed by atoms with van der Waals surface area (Å²) in [5.41, 5.74) is -0.913. The number of carbonyl (C=O) groups is 1. The van der Waals surface area contributed by atoms with Crippen LogP contribution in [0.25, 0.3) is 0 Å². The summed E-state index contributed by atoms with van der Waals surface area (Å²) in [5.74, 6) is -0.185. The summed E-state index contributed by atoms with van der Waals surface area (Å²) < 4.78 is 53.1. The molecule has 0 fully saturated rings. The Balaban J connectivity index is 2.68. The van der Waals surface area contributed by atoms with E-state index < -0.39 is 30.7 Å². The number of ether oxygens (including phenoxy) is 1. The second kappa shape index (κ2) is 6.64. The van der Waals surface area contributed by atoms with Gasteiger partial charge < -0.3 is 4.74 Å². The summed E-state index contributed by atoms with van der Waals surface area (Å²) >= 11 is 0. The smallest absolute Gasteiger partial charge is 0.186 e. The molecule has 1 heterocycles. The summed E-state index contributed by atoms with van der Waals surface area (Å²) in [6, 6.07) is 5.41. The van der Waals surface area contributed by atoms with Crippen LogP contribution in [0.2, 0.25) is 0 Å². The standard InChI is InChI=1S/C18H26O6S2/c1-13-6-7-15-14(12-13)18(8-10-25(4,20)21,9-11-26(5,22)23)16(19)17(2,3)24-15/h6-7,12H,8-11H2,1-5H3. The van der Waals surface area contributed by atoms with Gasteiger partial charge in [0.15, 0.2) is 11.4 Å². The fourth-order valence-electron chi connectivity index (χ4n) is 3.47. The zero-order valence-electron chi connectivity index (χ0n) is 15.8. The number of carbonyl (C=O) groups excluding carboxylic acids is 1. The van der Waals surface area contributed by atoms with E-state index in [9.17, 15) is 21.6 Å². The molecule has 6 nitrogen and oxygen atoms in total. The van der Waals surface area contributed by atoms with Crippen molar-refractivity contribution in [3.63, 3.8) is 0 Å². The lowest BCUT2D eigenvalue weighted by molar-refractivity contribution is -0.141. The monoisotopic (exact) mass is 402 g/mol. The molecule has 1 aromatic carbocycles. The molecule has 0 bridgehead atoms. The number of aryl methyl sites for hydroxylation is 1. The zero-order valence-corrected chi connectivity index (χ0v) is 17.5. The van der Waals surface area contributed by atoms with Gasteiger partial charge in [0.25, 0.3) is 0 Å². The van der Waals surface area contributed by atoms with Gasteiger partial charge in [-0.2, -0.15) is 0 Å². The van der Waals surface area contributed by atoms with Gasteiger partial charge in [0.05, 0.1) is 16.9 Å². The third-order valence-corrected chi connectivity index (χ3v) is 6.69. The Morgan fingerprint density at radius 1 is 0.962 bits per heavy atom. The summed E-state index contributed by atoms with van der Waals surface area (Å²) in [6.07, 6.45) is 2.29. The molecule has 0 saturated heterocycles. The zero-order chi connectivity index (χ0) is 20.0. The Bertz CT molecular complexity index is 890. The quantitative estimate of drug-likeness (QED) is 0.721. The van der Waals surface area contributed by atoms with Crippen molar-refractivity contribution in [2.45, 2.75) is 44.6 Å². The van der Waals surface area contributed by atoms with Crippen LogP contribution in [0, 0.1) is 6.92 Å². The maximum absolute atomic E-state index is 13.4. The van der Waals surface area contributed by atoms with E-state index in [0.29, 0.717) is 11.3 Å². The first-order valence-corrected chi connectivity index (χ1v) is 12.5. The number of ketones is 1. The molecule has 2 rings (SSSR count). The van der Waals surface area contributed by atoms with Gasteiger partial charge in [0.1, 0.15) is 25.4 Å². The van der Waals surface area contributed by atoms with Gasteiger partial charge in [0.2, 0.25) is 0 Å². The van der Waals surface area contributed by atoms with Crippen molar-refractivity contribution < 1.29 is 26.4 Å². The van der Waals surface area contributed by atoms with Gasteiger partial charge in [-0.15, -0.1) is 0 Å². The number of hydrogen-bond acceptors (Lipinski definition) is 6. The molecule has 8 heteroatoms. The summed E-state index contributed by atoms with van der Waals surface area (Å²) in [6.45, 7) is 5.13. The van der Waals surface area contributed by atoms with Crippen LogP contribution in [0.15, 0.2) is 18.2 Å². The van der Waals surface area contributed by atoms with E-state index in [1.165, 1.54) is 0 Å². The Labute approximate surface area is 155 Å². The van der Waals surface area contributed by atoms with Gasteiger partial charge >= 0.3 is 0 Å². The van der Waals surface area contributed by atoms with Crippen LogP contribution in [0.4, 0.5) is 0 Å². The predicted octanol–water partition coefficient (Wildman–Crippen LogP) is 1.84. The lowest BCUT2D eigenvalue weighted by Gasteiger charge is -2.44. The minimum Gasteiger partial charge on any atom is -0.480 e. The van der Waals surface area contributed by atoms with Gasteiger partial charge in [-0.1, -0.05) is 17.7 Å². The maximum Gasteiger partial charge on any atom is 0.186 e. The average molecular weight is 403 g/mol. The first-order valence-electron chi connectivity index (χ1n) is 8.37. The first-order chi connectivity index (χ1) is 11.7. The van der Waals surface area contributed by atoms with Crippen molar-refractivity contribution in [3.05, 3.63) is 29.3 Å². The van der Waals surface area contributed by atoms with Crippen molar-refractivity contribution in [2.75, 3.05) is 24.0 Å². The Morgan fingerprint density at radius 2 is 1.46 bits per heavy atom. The Kier molecular flexibility index (Phi) is 5.33. The summed E-state index contributed by atoms with van der Waals surface area (Å²) in [7, 11) is -6.66. The van der Waals surface area contributed by atoms with Gasteiger partial charge in [-0.05, 0) is 39.7 Å². The highest BCUT2D eigenvalue weighted by atomic mass is 32.2. The van der Waals surface area contributed by atoms with Crippen LogP contribution in [-0.4, -0.2) is 52.2 Å². The van der Waals surface area contributed by atoms with Crippen LogP contribution >= 0.6 is 0 Å². The summed E-state index contributed by atoms with van der Waals surface area (Å²) in [4.78, 5) is 13.4. The topological polar surface area (TPSA) is 94.6 Å². The fraction of sp³-hybridized carbons (Fsp3) is 0.611. The predicted molar refractivity (Wildman–Crippen MR) is 101 cm³/mol. The minimum absolute atomic E-state index is 0.0312. The molecule has 0 aliphatic carbocycles. The minimum atomic E-state index is -3.33. The van der Waals surface area contributed by atoms with Crippen molar-refractivity contribution in [2.24, 2.45) is 0 Å². The van der Waals surface area contributed by atoms with Crippen molar-refractivity contribution in [3.8, 4) is 5.75 Å². The molecule has 0 N–H and O–H groups in total. The largest absolute Gasteiger partial charge is 0.480 e. The number of fused-ring (bicyclic) bond motifs is 1. The Morgan fingerprint density at radius 3 is 1.92 bits per heavy atom. The van der Waals surface area contributed by atoms with Crippen LogP contribution in [0.5, 0.6) is 5.75 Å². The van der Waals surface area contributed by atoms with E-state index in [2.05, 4.69) is 0 Å².